The van der Waals surface area contributed by atoms with Crippen LogP contribution in [0.2, 0.25) is 0 Å². The van der Waals surface area contributed by atoms with Gasteiger partial charge < -0.3 is 15.5 Å². The van der Waals surface area contributed by atoms with Crippen molar-refractivity contribution in [2.45, 2.75) is 32.4 Å². The molecule has 1 aromatic rings. The van der Waals surface area contributed by atoms with Gasteiger partial charge >= 0.3 is 0 Å². The van der Waals surface area contributed by atoms with E-state index in [4.69, 9.17) is 5.73 Å². The zero-order valence-electron chi connectivity index (χ0n) is 11.5. The molecular formula is C14H21N3O. The van der Waals surface area contributed by atoms with Crippen molar-refractivity contribution in [2.75, 3.05) is 23.9 Å². The number of carbonyl (C=O) groups excluding carboxylic acids is 1. The van der Waals surface area contributed by atoms with Crippen LogP contribution in [0.5, 0.6) is 0 Å². The Bertz CT molecular complexity index is 472. The molecule has 1 aliphatic heterocycles. The summed E-state index contributed by atoms with van der Waals surface area (Å²) >= 11 is 0. The van der Waals surface area contributed by atoms with Crippen LogP contribution in [0.1, 0.15) is 31.9 Å². The zero-order chi connectivity index (χ0) is 13.4. The van der Waals surface area contributed by atoms with Crippen LogP contribution < -0.4 is 15.5 Å². The van der Waals surface area contributed by atoms with Gasteiger partial charge in [-0.05, 0) is 25.5 Å². The SMILES string of the molecule is CCC(C)N(C)c1ccc2c(c1)N(C)C(=O)C2N. The number of benzene rings is 1. The van der Waals surface area contributed by atoms with Crippen LogP contribution in [0, 0.1) is 0 Å². The summed E-state index contributed by atoms with van der Waals surface area (Å²) in [7, 11) is 3.85. The van der Waals surface area contributed by atoms with Crippen molar-refractivity contribution in [3.05, 3.63) is 23.8 Å². The number of amides is 1. The molecule has 2 N–H and O–H groups in total. The molecule has 4 nitrogen and oxygen atoms in total. The average Bonchev–Trinajstić information content (AvgIpc) is 2.61. The Labute approximate surface area is 108 Å². The standard InChI is InChI=1S/C14H21N3O/c1-5-9(2)16(3)10-6-7-11-12(8-10)17(4)14(18)13(11)15/h6-9,13H,5,15H2,1-4H3. The molecule has 0 saturated carbocycles. The average molecular weight is 247 g/mol. The van der Waals surface area contributed by atoms with Crippen molar-refractivity contribution >= 4 is 17.3 Å². The maximum atomic E-state index is 11.8. The van der Waals surface area contributed by atoms with E-state index in [0.29, 0.717) is 6.04 Å². The lowest BCUT2D eigenvalue weighted by Crippen LogP contribution is -2.28. The van der Waals surface area contributed by atoms with Crippen LogP contribution in [-0.4, -0.2) is 26.0 Å². The number of nitrogens with two attached hydrogens (primary N) is 1. The Morgan fingerprint density at radius 3 is 2.78 bits per heavy atom. The molecule has 1 amide bonds. The third kappa shape index (κ3) is 1.86. The van der Waals surface area contributed by atoms with Gasteiger partial charge in [0.15, 0.2) is 0 Å². The van der Waals surface area contributed by atoms with Gasteiger partial charge in [0.2, 0.25) is 5.91 Å². The lowest BCUT2D eigenvalue weighted by molar-refractivity contribution is -0.118. The molecule has 1 heterocycles. The molecule has 1 aromatic carbocycles. The van der Waals surface area contributed by atoms with Gasteiger partial charge in [-0.2, -0.15) is 0 Å². The molecule has 0 aliphatic carbocycles. The molecule has 0 bridgehead atoms. The Balaban J connectivity index is 2.37. The molecule has 2 unspecified atom stereocenters. The largest absolute Gasteiger partial charge is 0.372 e. The molecule has 1 aliphatic rings. The minimum atomic E-state index is -0.507. The van der Waals surface area contributed by atoms with E-state index in [2.05, 4.69) is 25.8 Å². The van der Waals surface area contributed by atoms with E-state index in [9.17, 15) is 4.79 Å². The summed E-state index contributed by atoms with van der Waals surface area (Å²) in [5.74, 6) is -0.0339. The van der Waals surface area contributed by atoms with Gasteiger partial charge in [-0.25, -0.2) is 0 Å². The summed E-state index contributed by atoms with van der Waals surface area (Å²) in [4.78, 5) is 15.7. The Hall–Kier alpha value is -1.55. The van der Waals surface area contributed by atoms with E-state index < -0.39 is 6.04 Å². The minimum Gasteiger partial charge on any atom is -0.372 e. The first-order chi connectivity index (χ1) is 8.47. The van der Waals surface area contributed by atoms with Gasteiger partial charge in [-0.1, -0.05) is 13.0 Å². The number of likely N-dealkylation sites (N-methyl/N-ethyl adjacent to an activating group) is 1. The van der Waals surface area contributed by atoms with E-state index in [1.54, 1.807) is 11.9 Å². The molecule has 0 radical (unpaired) electrons. The first-order valence-corrected chi connectivity index (χ1v) is 6.37. The van der Waals surface area contributed by atoms with E-state index in [1.807, 2.05) is 18.2 Å². The Kier molecular flexibility index (Phi) is 3.30. The molecule has 0 fully saturated rings. The number of hydrogen-bond donors (Lipinski definition) is 1. The monoisotopic (exact) mass is 247 g/mol. The van der Waals surface area contributed by atoms with E-state index in [1.165, 1.54) is 0 Å². The van der Waals surface area contributed by atoms with E-state index in [0.717, 1.165) is 23.4 Å². The van der Waals surface area contributed by atoms with Crippen LogP contribution in [-0.2, 0) is 4.79 Å². The first kappa shape index (κ1) is 12.9. The summed E-state index contributed by atoms with van der Waals surface area (Å²) in [6.45, 7) is 4.36. The van der Waals surface area contributed by atoms with Crippen LogP contribution in [0.4, 0.5) is 11.4 Å². The van der Waals surface area contributed by atoms with Crippen LogP contribution in [0.25, 0.3) is 0 Å². The summed E-state index contributed by atoms with van der Waals surface area (Å²) in [5, 5.41) is 0. The van der Waals surface area contributed by atoms with Gasteiger partial charge in [0, 0.05) is 31.4 Å². The zero-order valence-corrected chi connectivity index (χ0v) is 11.5. The maximum Gasteiger partial charge on any atom is 0.248 e. The van der Waals surface area contributed by atoms with Gasteiger partial charge in [-0.15, -0.1) is 0 Å². The molecule has 4 heteroatoms. The van der Waals surface area contributed by atoms with E-state index in [-0.39, 0.29) is 5.91 Å². The number of rotatable bonds is 3. The third-order valence-corrected chi connectivity index (χ3v) is 3.97. The molecule has 18 heavy (non-hydrogen) atoms. The maximum absolute atomic E-state index is 11.8. The predicted molar refractivity (Wildman–Crippen MR) is 74.9 cm³/mol. The molecule has 0 spiro atoms. The second-order valence-corrected chi connectivity index (χ2v) is 4.99. The second-order valence-electron chi connectivity index (χ2n) is 4.99. The Morgan fingerprint density at radius 1 is 1.50 bits per heavy atom. The van der Waals surface area contributed by atoms with Crippen molar-refractivity contribution in [1.82, 2.24) is 0 Å². The number of hydrogen-bond acceptors (Lipinski definition) is 3. The molecular weight excluding hydrogens is 226 g/mol. The highest BCUT2D eigenvalue weighted by molar-refractivity contribution is 6.04. The lowest BCUT2D eigenvalue weighted by atomic mass is 10.1. The van der Waals surface area contributed by atoms with Crippen molar-refractivity contribution in [3.63, 3.8) is 0 Å². The highest BCUT2D eigenvalue weighted by Gasteiger charge is 2.32. The Morgan fingerprint density at radius 2 is 2.17 bits per heavy atom. The summed E-state index contributed by atoms with van der Waals surface area (Å²) in [6, 6.07) is 6.02. The predicted octanol–water partition coefficient (Wildman–Crippen LogP) is 1.90. The third-order valence-electron chi connectivity index (χ3n) is 3.97. The fourth-order valence-electron chi connectivity index (χ4n) is 2.29. The fraction of sp³-hybridized carbons (Fsp3) is 0.500. The van der Waals surface area contributed by atoms with Gasteiger partial charge in [-0.3, -0.25) is 4.79 Å². The highest BCUT2D eigenvalue weighted by atomic mass is 16.2. The summed E-state index contributed by atoms with van der Waals surface area (Å²) in [6.07, 6.45) is 1.09. The fourth-order valence-corrected chi connectivity index (χ4v) is 2.29. The highest BCUT2D eigenvalue weighted by Crippen LogP contribution is 2.36. The minimum absolute atomic E-state index is 0.0339. The summed E-state index contributed by atoms with van der Waals surface area (Å²) in [5.41, 5.74) is 8.86. The number of anilines is 2. The summed E-state index contributed by atoms with van der Waals surface area (Å²) < 4.78 is 0. The smallest absolute Gasteiger partial charge is 0.248 e. The van der Waals surface area contributed by atoms with Gasteiger partial charge in [0.25, 0.3) is 0 Å². The van der Waals surface area contributed by atoms with Crippen molar-refractivity contribution in [2.24, 2.45) is 5.73 Å². The number of carbonyl (C=O) groups is 1. The van der Waals surface area contributed by atoms with Gasteiger partial charge in [0.05, 0.1) is 5.69 Å². The number of nitrogens with zero attached hydrogens (tertiary/aromatic N) is 2. The van der Waals surface area contributed by atoms with Crippen molar-refractivity contribution in [3.8, 4) is 0 Å². The quantitative estimate of drug-likeness (QED) is 0.887. The molecule has 98 valence electrons. The lowest BCUT2D eigenvalue weighted by Gasteiger charge is -2.27. The first-order valence-electron chi connectivity index (χ1n) is 6.37. The van der Waals surface area contributed by atoms with Crippen LogP contribution >= 0.6 is 0 Å². The van der Waals surface area contributed by atoms with Crippen molar-refractivity contribution in [1.29, 1.82) is 0 Å². The number of fused-ring (bicyclic) bond motifs is 1. The molecule has 2 rings (SSSR count). The van der Waals surface area contributed by atoms with E-state index >= 15 is 0 Å². The second kappa shape index (κ2) is 4.61. The normalized spacial score (nSPS) is 19.9. The molecule has 0 aromatic heterocycles. The van der Waals surface area contributed by atoms with Crippen LogP contribution in [0.15, 0.2) is 18.2 Å². The molecule has 0 saturated heterocycles. The molecule has 2 atom stereocenters. The van der Waals surface area contributed by atoms with Crippen LogP contribution in [0.3, 0.4) is 0 Å². The van der Waals surface area contributed by atoms with Gasteiger partial charge in [0.1, 0.15) is 6.04 Å². The van der Waals surface area contributed by atoms with Crippen molar-refractivity contribution < 1.29 is 4.79 Å². The topological polar surface area (TPSA) is 49.6 Å².